The van der Waals surface area contributed by atoms with E-state index in [1.807, 2.05) is 0 Å². The highest BCUT2D eigenvalue weighted by molar-refractivity contribution is 7.89. The normalized spacial score (nSPS) is 17.1. The lowest BCUT2D eigenvalue weighted by molar-refractivity contribution is -0.142. The molecule has 34 heavy (non-hydrogen) atoms. The molecule has 1 aliphatic rings. The molecule has 2 aromatic heterocycles. The molecule has 0 saturated carbocycles. The fourth-order valence-electron chi connectivity index (χ4n) is 3.81. The third kappa shape index (κ3) is 4.91. The molecule has 1 saturated heterocycles. The largest absolute Gasteiger partial charge is 0.466 e. The van der Waals surface area contributed by atoms with E-state index >= 15 is 0 Å². The van der Waals surface area contributed by atoms with Crippen molar-refractivity contribution in [1.29, 1.82) is 0 Å². The van der Waals surface area contributed by atoms with Crippen molar-refractivity contribution >= 4 is 49.5 Å². The number of ether oxygens (including phenoxy) is 1. The summed E-state index contributed by atoms with van der Waals surface area (Å²) < 4.78 is 39.0. The van der Waals surface area contributed by atoms with Crippen LogP contribution < -0.4 is 11.1 Å². The molecule has 182 valence electrons. The van der Waals surface area contributed by atoms with E-state index in [9.17, 15) is 22.8 Å². The number of nitrogens with one attached hydrogen (secondary N) is 1. The van der Waals surface area contributed by atoms with Gasteiger partial charge in [0.1, 0.15) is 0 Å². The number of hydrogen-bond donors (Lipinski definition) is 1. The number of aryl methyl sites for hydroxylation is 1. The van der Waals surface area contributed by atoms with Crippen molar-refractivity contribution in [2.24, 2.45) is 13.0 Å². The van der Waals surface area contributed by atoms with Gasteiger partial charge in [-0.1, -0.05) is 0 Å². The molecule has 13 heteroatoms. The molecule has 1 aromatic carbocycles. The zero-order chi connectivity index (χ0) is 24.5. The number of esters is 1. The number of carbonyl (C=O) groups excluding carboxylic acids is 2. The molecule has 1 fully saturated rings. The first-order chi connectivity index (χ1) is 16.2. The number of sulfonamides is 1. The Kier molecular flexibility index (Phi) is 6.86. The van der Waals surface area contributed by atoms with Gasteiger partial charge in [0.25, 0.3) is 0 Å². The lowest BCUT2D eigenvalue weighted by atomic mass is 9.99. The van der Waals surface area contributed by atoms with Gasteiger partial charge in [-0.2, -0.15) is 4.31 Å². The van der Waals surface area contributed by atoms with Crippen molar-refractivity contribution in [1.82, 2.24) is 13.9 Å². The van der Waals surface area contributed by atoms with Gasteiger partial charge in [0, 0.05) is 31.6 Å². The number of fused-ring (bicyclic) bond motifs is 1. The standard InChI is InChI=1S/C21H24N4O7S2/c1-3-31-18(26)9-14-12-33-20(22-14)23-19(27)13-5-4-8-25(11-13)34(29,30)15-6-7-16-17(10-15)32-21(28)24(16)2/h6-7,10,12-13H,3-5,8-9,11H2,1-2H3,(H,22,23,27). The zero-order valence-electron chi connectivity index (χ0n) is 18.6. The number of rotatable bonds is 7. The Morgan fingerprint density at radius 1 is 1.35 bits per heavy atom. The van der Waals surface area contributed by atoms with E-state index < -0.39 is 27.7 Å². The third-order valence-electron chi connectivity index (χ3n) is 5.57. The molecule has 1 atom stereocenters. The first-order valence-electron chi connectivity index (χ1n) is 10.7. The minimum atomic E-state index is -3.89. The molecular formula is C21H24N4O7S2. The summed E-state index contributed by atoms with van der Waals surface area (Å²) in [5, 5.41) is 4.74. The molecule has 3 heterocycles. The number of aromatic nitrogens is 2. The van der Waals surface area contributed by atoms with E-state index in [0.717, 1.165) is 0 Å². The van der Waals surface area contributed by atoms with E-state index in [4.69, 9.17) is 9.15 Å². The Morgan fingerprint density at radius 3 is 2.91 bits per heavy atom. The number of hydrogen-bond acceptors (Lipinski definition) is 9. The summed E-state index contributed by atoms with van der Waals surface area (Å²) in [7, 11) is -2.35. The molecule has 0 aliphatic carbocycles. The topological polar surface area (TPSA) is 141 Å². The van der Waals surface area contributed by atoms with Crippen LogP contribution in [0.3, 0.4) is 0 Å². The van der Waals surface area contributed by atoms with Gasteiger partial charge in [0.15, 0.2) is 10.7 Å². The molecule has 1 amide bonds. The van der Waals surface area contributed by atoms with Crippen LogP contribution in [0.5, 0.6) is 0 Å². The van der Waals surface area contributed by atoms with Gasteiger partial charge >= 0.3 is 11.7 Å². The molecular weight excluding hydrogens is 484 g/mol. The number of carbonyl (C=O) groups is 2. The van der Waals surface area contributed by atoms with Gasteiger partial charge in [-0.15, -0.1) is 11.3 Å². The average molecular weight is 509 g/mol. The maximum Gasteiger partial charge on any atom is 0.419 e. The minimum absolute atomic E-state index is 0.000983. The van der Waals surface area contributed by atoms with Crippen LogP contribution in [0.15, 0.2) is 37.7 Å². The Labute approximate surface area is 199 Å². The van der Waals surface area contributed by atoms with Crippen molar-refractivity contribution in [3.63, 3.8) is 0 Å². The second kappa shape index (κ2) is 9.68. The third-order valence-corrected chi connectivity index (χ3v) is 8.24. The Bertz CT molecular complexity index is 1390. The first kappa shape index (κ1) is 24.1. The average Bonchev–Trinajstić information content (AvgIpc) is 3.36. The number of thiazole rings is 1. The molecule has 0 spiro atoms. The van der Waals surface area contributed by atoms with E-state index in [0.29, 0.717) is 29.2 Å². The predicted molar refractivity (Wildman–Crippen MR) is 124 cm³/mol. The molecule has 0 radical (unpaired) electrons. The molecule has 11 nitrogen and oxygen atoms in total. The van der Waals surface area contributed by atoms with Crippen LogP contribution in [0.4, 0.5) is 5.13 Å². The predicted octanol–water partition coefficient (Wildman–Crippen LogP) is 1.73. The van der Waals surface area contributed by atoms with Crippen LogP contribution in [0.1, 0.15) is 25.5 Å². The van der Waals surface area contributed by atoms with Gasteiger partial charge in [-0.05, 0) is 31.9 Å². The van der Waals surface area contributed by atoms with E-state index in [2.05, 4.69) is 10.3 Å². The second-order valence-electron chi connectivity index (χ2n) is 7.87. The molecule has 1 aliphatic heterocycles. The van der Waals surface area contributed by atoms with Crippen LogP contribution in [-0.2, 0) is 37.8 Å². The summed E-state index contributed by atoms with van der Waals surface area (Å²) in [5.74, 6) is -1.86. The fraction of sp³-hybridized carbons (Fsp3) is 0.429. The maximum atomic E-state index is 13.2. The fourth-order valence-corrected chi connectivity index (χ4v) is 6.06. The Hall–Kier alpha value is -3.03. The molecule has 1 N–H and O–H groups in total. The van der Waals surface area contributed by atoms with Crippen molar-refractivity contribution in [3.8, 4) is 0 Å². The number of piperidine rings is 1. The van der Waals surface area contributed by atoms with Crippen LogP contribution in [-0.4, -0.2) is 53.8 Å². The number of amides is 1. The van der Waals surface area contributed by atoms with Crippen molar-refractivity contribution in [2.75, 3.05) is 25.0 Å². The van der Waals surface area contributed by atoms with Crippen molar-refractivity contribution < 1.29 is 27.2 Å². The minimum Gasteiger partial charge on any atom is -0.466 e. The summed E-state index contributed by atoms with van der Waals surface area (Å²) in [6.45, 7) is 2.30. The van der Waals surface area contributed by atoms with Gasteiger partial charge in [0.2, 0.25) is 15.9 Å². The first-order valence-corrected chi connectivity index (χ1v) is 13.0. The van der Waals surface area contributed by atoms with E-state index in [-0.39, 0.29) is 42.5 Å². The summed E-state index contributed by atoms with van der Waals surface area (Å²) in [6.07, 6.45) is 1.07. The molecule has 1 unspecified atom stereocenters. The van der Waals surface area contributed by atoms with Gasteiger partial charge in [-0.3, -0.25) is 14.2 Å². The quantitative estimate of drug-likeness (QED) is 0.476. The Morgan fingerprint density at radius 2 is 2.15 bits per heavy atom. The lowest BCUT2D eigenvalue weighted by Gasteiger charge is -2.31. The number of benzene rings is 1. The lowest BCUT2D eigenvalue weighted by Crippen LogP contribution is -2.43. The highest BCUT2D eigenvalue weighted by atomic mass is 32.2. The van der Waals surface area contributed by atoms with E-state index in [1.165, 1.54) is 38.4 Å². The SMILES string of the molecule is CCOC(=O)Cc1csc(NC(=O)C2CCCN(S(=O)(=O)c3ccc4c(c3)oc(=O)n4C)C2)n1. The van der Waals surface area contributed by atoms with Crippen LogP contribution in [0, 0.1) is 5.92 Å². The number of nitrogens with zero attached hydrogens (tertiary/aromatic N) is 3. The van der Waals surface area contributed by atoms with Crippen LogP contribution >= 0.6 is 11.3 Å². The zero-order valence-corrected chi connectivity index (χ0v) is 20.3. The highest BCUT2D eigenvalue weighted by Gasteiger charge is 2.34. The maximum absolute atomic E-state index is 13.2. The number of oxazole rings is 1. The molecule has 0 bridgehead atoms. The number of anilines is 1. The molecule has 3 aromatic rings. The highest BCUT2D eigenvalue weighted by Crippen LogP contribution is 2.27. The van der Waals surface area contributed by atoms with Crippen LogP contribution in [0.25, 0.3) is 11.1 Å². The smallest absolute Gasteiger partial charge is 0.419 e. The summed E-state index contributed by atoms with van der Waals surface area (Å²) >= 11 is 1.19. The van der Waals surface area contributed by atoms with E-state index in [1.54, 1.807) is 19.4 Å². The van der Waals surface area contributed by atoms with Gasteiger partial charge in [0.05, 0.1) is 35.1 Å². The van der Waals surface area contributed by atoms with Gasteiger partial charge < -0.3 is 14.5 Å². The summed E-state index contributed by atoms with van der Waals surface area (Å²) in [6, 6.07) is 4.28. The summed E-state index contributed by atoms with van der Waals surface area (Å²) in [4.78, 5) is 40.4. The van der Waals surface area contributed by atoms with Crippen LogP contribution in [0.2, 0.25) is 0 Å². The van der Waals surface area contributed by atoms with Crippen molar-refractivity contribution in [2.45, 2.75) is 31.1 Å². The molecule has 4 rings (SSSR count). The second-order valence-corrected chi connectivity index (χ2v) is 10.7. The monoisotopic (exact) mass is 508 g/mol. The summed E-state index contributed by atoms with van der Waals surface area (Å²) in [5.41, 5.74) is 1.17. The Balaban J connectivity index is 1.44. The van der Waals surface area contributed by atoms with Crippen molar-refractivity contribution in [3.05, 3.63) is 39.8 Å². The van der Waals surface area contributed by atoms with Gasteiger partial charge in [-0.25, -0.2) is 18.2 Å².